The molecule has 4 N–H and O–H groups in total. The summed E-state index contributed by atoms with van der Waals surface area (Å²) in [6, 6.07) is 19.3. The number of anilines is 2. The van der Waals surface area contributed by atoms with Crippen LogP contribution in [0.25, 0.3) is 33.2 Å². The fraction of sp³-hybridized carbons (Fsp3) is 0.0455. The van der Waals surface area contributed by atoms with Crippen molar-refractivity contribution in [2.24, 2.45) is 0 Å². The predicted octanol–water partition coefficient (Wildman–Crippen LogP) is 4.01. The van der Waals surface area contributed by atoms with Crippen LogP contribution in [-0.2, 0) is 0 Å². The van der Waals surface area contributed by atoms with Crippen LogP contribution in [0.1, 0.15) is 5.56 Å². The zero-order valence-electron chi connectivity index (χ0n) is 15.2. The van der Waals surface area contributed by atoms with Gasteiger partial charge in [0.25, 0.3) is 0 Å². The third-order valence-electron chi connectivity index (χ3n) is 4.59. The molecule has 0 aliphatic carbocycles. The van der Waals surface area contributed by atoms with Gasteiger partial charge in [0.1, 0.15) is 11.9 Å². The number of fused-ring (bicyclic) bond motifs is 1. The Kier molecular flexibility index (Phi) is 4.26. The highest BCUT2D eigenvalue weighted by Crippen LogP contribution is 2.35. The first-order chi connectivity index (χ1) is 13.6. The van der Waals surface area contributed by atoms with Gasteiger partial charge in [-0.15, -0.1) is 0 Å². The van der Waals surface area contributed by atoms with E-state index in [-0.39, 0.29) is 0 Å². The lowest BCUT2D eigenvalue weighted by Crippen LogP contribution is -1.99. The van der Waals surface area contributed by atoms with E-state index in [1.807, 2.05) is 48.5 Å². The summed E-state index contributed by atoms with van der Waals surface area (Å²) in [7, 11) is 1.52. The van der Waals surface area contributed by atoms with Crippen molar-refractivity contribution in [1.82, 2.24) is 9.97 Å². The predicted molar refractivity (Wildman–Crippen MR) is 111 cm³/mol. The molecule has 2 aromatic carbocycles. The lowest BCUT2D eigenvalue weighted by molar-refractivity contribution is 0.400. The van der Waals surface area contributed by atoms with Crippen LogP contribution < -0.4 is 16.2 Å². The average molecular weight is 367 g/mol. The number of nitrogen functional groups attached to an aromatic ring is 2. The van der Waals surface area contributed by atoms with Crippen molar-refractivity contribution in [2.75, 3.05) is 18.6 Å². The first-order valence-corrected chi connectivity index (χ1v) is 8.61. The molecule has 6 nitrogen and oxygen atoms in total. The largest absolute Gasteiger partial charge is 0.480 e. The number of nitrogens with zero attached hydrogens (tertiary/aromatic N) is 3. The number of pyridine rings is 2. The minimum atomic E-state index is 0.332. The summed E-state index contributed by atoms with van der Waals surface area (Å²) in [5, 5.41) is 10.6. The lowest BCUT2D eigenvalue weighted by Gasteiger charge is -2.12. The fourth-order valence-electron chi connectivity index (χ4n) is 3.27. The van der Waals surface area contributed by atoms with Crippen molar-refractivity contribution >= 4 is 22.4 Å². The summed E-state index contributed by atoms with van der Waals surface area (Å²) in [6.45, 7) is 0. The van der Waals surface area contributed by atoms with Crippen molar-refractivity contribution in [3.63, 3.8) is 0 Å². The zero-order valence-corrected chi connectivity index (χ0v) is 15.2. The molecule has 136 valence electrons. The molecule has 0 bridgehead atoms. The van der Waals surface area contributed by atoms with Gasteiger partial charge < -0.3 is 16.2 Å². The maximum absolute atomic E-state index is 9.89. The van der Waals surface area contributed by atoms with Crippen LogP contribution in [0.2, 0.25) is 0 Å². The van der Waals surface area contributed by atoms with E-state index in [1.165, 1.54) is 7.11 Å². The third-order valence-corrected chi connectivity index (χ3v) is 4.59. The fourth-order valence-corrected chi connectivity index (χ4v) is 3.27. The molecule has 4 rings (SSSR count). The van der Waals surface area contributed by atoms with Crippen LogP contribution >= 0.6 is 0 Å². The number of hydrogen-bond donors (Lipinski definition) is 2. The summed E-state index contributed by atoms with van der Waals surface area (Å²) >= 11 is 0. The second kappa shape index (κ2) is 6.89. The van der Waals surface area contributed by atoms with Gasteiger partial charge >= 0.3 is 0 Å². The van der Waals surface area contributed by atoms with Crippen LogP contribution in [0.4, 0.5) is 11.5 Å². The molecule has 0 spiro atoms. The van der Waals surface area contributed by atoms with Crippen molar-refractivity contribution < 1.29 is 4.74 Å². The van der Waals surface area contributed by atoms with E-state index >= 15 is 0 Å². The first kappa shape index (κ1) is 17.3. The Labute approximate surface area is 162 Å². The van der Waals surface area contributed by atoms with Gasteiger partial charge in [0.2, 0.25) is 5.88 Å². The average Bonchev–Trinajstić information content (AvgIpc) is 2.73. The van der Waals surface area contributed by atoms with Crippen molar-refractivity contribution in [3.05, 3.63) is 66.4 Å². The Morgan fingerprint density at radius 1 is 0.964 bits per heavy atom. The number of ether oxygens (including phenoxy) is 1. The van der Waals surface area contributed by atoms with E-state index in [1.54, 1.807) is 12.3 Å². The summed E-state index contributed by atoms with van der Waals surface area (Å²) in [5.41, 5.74) is 17.0. The lowest BCUT2D eigenvalue weighted by atomic mass is 9.95. The summed E-state index contributed by atoms with van der Waals surface area (Å²) < 4.78 is 5.12. The number of aromatic nitrogens is 2. The number of rotatable bonds is 3. The van der Waals surface area contributed by atoms with Crippen molar-refractivity contribution in [1.29, 1.82) is 5.26 Å². The molecule has 0 aliphatic rings. The monoisotopic (exact) mass is 367 g/mol. The summed E-state index contributed by atoms with van der Waals surface area (Å²) in [6.07, 6.45) is 1.69. The second-order valence-electron chi connectivity index (χ2n) is 6.28. The number of nitriles is 1. The van der Waals surface area contributed by atoms with E-state index < -0.39 is 0 Å². The molecule has 4 aromatic rings. The molecule has 0 amide bonds. The van der Waals surface area contributed by atoms with Gasteiger partial charge in [0.05, 0.1) is 23.9 Å². The molecule has 0 aliphatic heterocycles. The first-order valence-electron chi connectivity index (χ1n) is 8.61. The highest BCUT2D eigenvalue weighted by atomic mass is 16.5. The van der Waals surface area contributed by atoms with E-state index in [4.69, 9.17) is 16.2 Å². The van der Waals surface area contributed by atoms with Crippen LogP contribution in [0.15, 0.2) is 60.8 Å². The molecule has 6 heteroatoms. The van der Waals surface area contributed by atoms with Crippen molar-refractivity contribution in [2.45, 2.75) is 0 Å². The minimum Gasteiger partial charge on any atom is -0.480 e. The Morgan fingerprint density at radius 2 is 1.75 bits per heavy atom. The molecule has 0 saturated heterocycles. The molecule has 2 aromatic heterocycles. The molecule has 28 heavy (non-hydrogen) atoms. The van der Waals surface area contributed by atoms with Gasteiger partial charge in [-0.3, -0.25) is 0 Å². The summed E-state index contributed by atoms with van der Waals surface area (Å²) in [4.78, 5) is 8.73. The highest BCUT2D eigenvalue weighted by Gasteiger charge is 2.16. The number of hydrogen-bond acceptors (Lipinski definition) is 6. The molecular weight excluding hydrogens is 350 g/mol. The Balaban J connectivity index is 1.95. The number of benzene rings is 2. The maximum Gasteiger partial charge on any atom is 0.236 e. The quantitative estimate of drug-likeness (QED) is 0.566. The smallest absolute Gasteiger partial charge is 0.236 e. The normalized spacial score (nSPS) is 10.6. The molecular formula is C22H17N5O. The van der Waals surface area contributed by atoms with Gasteiger partial charge in [-0.1, -0.05) is 36.4 Å². The molecule has 0 fully saturated rings. The van der Waals surface area contributed by atoms with Gasteiger partial charge in [-0.05, 0) is 29.3 Å². The van der Waals surface area contributed by atoms with E-state index in [9.17, 15) is 5.26 Å². The molecule has 0 atom stereocenters. The Bertz CT molecular complexity index is 1230. The SMILES string of the molecule is COc1ncc(-c2ccc3nc(N)c(-c4ccccc4)c(C#N)c3c2)cc1N. The topological polar surface area (TPSA) is 111 Å². The zero-order chi connectivity index (χ0) is 19.7. The maximum atomic E-state index is 9.89. The number of nitrogens with two attached hydrogens (primary N) is 2. The minimum absolute atomic E-state index is 0.332. The molecule has 0 saturated carbocycles. The van der Waals surface area contributed by atoms with Crippen LogP contribution in [0.3, 0.4) is 0 Å². The molecule has 0 unspecified atom stereocenters. The standard InChI is InChI=1S/C22H17N5O/c1-28-22-18(24)10-15(12-26-22)14-7-8-19-16(9-14)17(11-23)20(21(25)27-19)13-5-3-2-4-6-13/h2-10,12H,24H2,1H3,(H2,25,27). The van der Waals surface area contributed by atoms with Crippen LogP contribution in [0.5, 0.6) is 5.88 Å². The Morgan fingerprint density at radius 3 is 2.43 bits per heavy atom. The van der Waals surface area contributed by atoms with Gasteiger partial charge in [0, 0.05) is 22.7 Å². The van der Waals surface area contributed by atoms with E-state index in [0.717, 1.165) is 22.1 Å². The number of methoxy groups -OCH3 is 1. The van der Waals surface area contributed by atoms with E-state index in [0.29, 0.717) is 34.0 Å². The van der Waals surface area contributed by atoms with Crippen LogP contribution in [-0.4, -0.2) is 17.1 Å². The Hall–Kier alpha value is -4.11. The van der Waals surface area contributed by atoms with Gasteiger partial charge in [-0.2, -0.15) is 5.26 Å². The van der Waals surface area contributed by atoms with E-state index in [2.05, 4.69) is 16.0 Å². The third kappa shape index (κ3) is 2.85. The summed E-state index contributed by atoms with van der Waals surface area (Å²) in [5.74, 6) is 0.710. The molecule has 0 radical (unpaired) electrons. The van der Waals surface area contributed by atoms with Crippen molar-refractivity contribution in [3.8, 4) is 34.2 Å². The highest BCUT2D eigenvalue weighted by molar-refractivity contribution is 5.98. The van der Waals surface area contributed by atoms with Gasteiger partial charge in [-0.25, -0.2) is 9.97 Å². The molecule has 2 heterocycles. The van der Waals surface area contributed by atoms with Gasteiger partial charge in [0.15, 0.2) is 0 Å². The van der Waals surface area contributed by atoms with Crippen LogP contribution in [0, 0.1) is 11.3 Å². The second-order valence-corrected chi connectivity index (χ2v) is 6.28.